The molecular weight excluding hydrogens is 386 g/mol. The van der Waals surface area contributed by atoms with Crippen molar-refractivity contribution >= 4 is 16.8 Å². The largest absolute Gasteiger partial charge is 0.337 e. The molecule has 1 N–H and O–H groups in total. The Bertz CT molecular complexity index is 1190. The van der Waals surface area contributed by atoms with Crippen LogP contribution in [-0.2, 0) is 17.8 Å². The quantitative estimate of drug-likeness (QED) is 0.531. The molecule has 158 valence electrons. The normalized spacial score (nSPS) is 18.0. The number of amides is 1. The Morgan fingerprint density at radius 1 is 1.13 bits per heavy atom. The molecule has 6 nitrogen and oxygen atoms in total. The van der Waals surface area contributed by atoms with Crippen LogP contribution in [0.1, 0.15) is 25.8 Å². The zero-order valence-corrected chi connectivity index (χ0v) is 18.0. The number of aromatic amines is 1. The van der Waals surface area contributed by atoms with E-state index in [0.717, 1.165) is 47.1 Å². The van der Waals surface area contributed by atoms with Gasteiger partial charge >= 0.3 is 0 Å². The fourth-order valence-electron chi connectivity index (χ4n) is 4.88. The van der Waals surface area contributed by atoms with E-state index in [1.54, 1.807) is 0 Å². The molecule has 3 heterocycles. The van der Waals surface area contributed by atoms with Crippen LogP contribution in [0, 0.1) is 5.92 Å². The van der Waals surface area contributed by atoms with Crippen molar-refractivity contribution in [2.45, 2.75) is 38.8 Å². The maximum atomic E-state index is 13.0. The van der Waals surface area contributed by atoms with Crippen LogP contribution in [0.3, 0.4) is 0 Å². The van der Waals surface area contributed by atoms with E-state index in [0.29, 0.717) is 12.3 Å². The van der Waals surface area contributed by atoms with Crippen LogP contribution in [-0.4, -0.2) is 42.9 Å². The molecule has 1 unspecified atom stereocenters. The lowest BCUT2D eigenvalue weighted by atomic mass is 9.96. The summed E-state index contributed by atoms with van der Waals surface area (Å²) in [5, 5.41) is 12.7. The van der Waals surface area contributed by atoms with Gasteiger partial charge in [0, 0.05) is 35.8 Å². The van der Waals surface area contributed by atoms with E-state index >= 15 is 0 Å². The minimum Gasteiger partial charge on any atom is -0.337 e. The van der Waals surface area contributed by atoms with E-state index < -0.39 is 0 Å². The average molecular weight is 414 g/mol. The Balaban J connectivity index is 1.31. The van der Waals surface area contributed by atoms with E-state index in [4.69, 9.17) is 0 Å². The smallest absolute Gasteiger partial charge is 0.227 e. The molecule has 2 aromatic heterocycles. The number of nitrogens with zero attached hydrogens (tertiary/aromatic N) is 4. The van der Waals surface area contributed by atoms with E-state index in [2.05, 4.69) is 56.9 Å². The van der Waals surface area contributed by atoms with Gasteiger partial charge in [-0.2, -0.15) is 10.2 Å². The molecule has 0 radical (unpaired) electrons. The van der Waals surface area contributed by atoms with Crippen LogP contribution in [0.15, 0.2) is 67.1 Å². The minimum atomic E-state index is -0.145. The second-order valence-corrected chi connectivity index (χ2v) is 9.14. The zero-order chi connectivity index (χ0) is 21.4. The number of benzene rings is 2. The lowest BCUT2D eigenvalue weighted by Crippen LogP contribution is -2.43. The molecule has 1 saturated heterocycles. The lowest BCUT2D eigenvalue weighted by molar-refractivity contribution is -0.133. The van der Waals surface area contributed by atoms with Gasteiger partial charge < -0.3 is 4.90 Å². The Morgan fingerprint density at radius 2 is 1.97 bits per heavy atom. The highest BCUT2D eigenvalue weighted by Gasteiger charge is 2.41. The number of fused-ring (bicyclic) bond motifs is 1. The summed E-state index contributed by atoms with van der Waals surface area (Å²) in [5.41, 5.74) is 4.24. The molecule has 0 saturated carbocycles. The monoisotopic (exact) mass is 413 g/mol. The van der Waals surface area contributed by atoms with Crippen molar-refractivity contribution in [1.82, 2.24) is 24.9 Å². The first kappa shape index (κ1) is 19.5. The highest BCUT2D eigenvalue weighted by Crippen LogP contribution is 2.35. The standard InChI is InChI=1S/C25H27N5O/c1-25(2)12-19(16-29(25)24(31)10-18-6-4-3-5-7-18)17-30-23-9-8-20(11-21(23)15-28-30)22-13-26-27-14-22/h3-9,11,13-15,19H,10,12,16-17H2,1-2H3,(H,26,27). The van der Waals surface area contributed by atoms with Crippen LogP contribution in [0.5, 0.6) is 0 Å². The third kappa shape index (κ3) is 3.85. The number of carbonyl (C=O) groups excluding carboxylic acids is 1. The second-order valence-electron chi connectivity index (χ2n) is 9.14. The molecule has 0 aliphatic carbocycles. The number of nitrogens with one attached hydrogen (secondary N) is 1. The number of hydrogen-bond donors (Lipinski definition) is 1. The van der Waals surface area contributed by atoms with Gasteiger partial charge in [0.15, 0.2) is 0 Å². The van der Waals surface area contributed by atoms with Crippen molar-refractivity contribution in [2.75, 3.05) is 6.54 Å². The number of rotatable bonds is 5. The highest BCUT2D eigenvalue weighted by molar-refractivity contribution is 5.84. The maximum Gasteiger partial charge on any atom is 0.227 e. The van der Waals surface area contributed by atoms with E-state index in [9.17, 15) is 4.79 Å². The zero-order valence-electron chi connectivity index (χ0n) is 18.0. The predicted molar refractivity (Wildman–Crippen MR) is 121 cm³/mol. The third-order valence-electron chi connectivity index (χ3n) is 6.36. The van der Waals surface area contributed by atoms with Crippen LogP contribution in [0.4, 0.5) is 0 Å². The summed E-state index contributed by atoms with van der Waals surface area (Å²) in [6.07, 6.45) is 7.08. The molecule has 2 aromatic carbocycles. The van der Waals surface area contributed by atoms with Gasteiger partial charge in [0.1, 0.15) is 0 Å². The lowest BCUT2D eigenvalue weighted by Gasteiger charge is -2.31. The topological polar surface area (TPSA) is 66.8 Å². The van der Waals surface area contributed by atoms with Gasteiger partial charge in [-0.05, 0) is 49.4 Å². The first-order chi connectivity index (χ1) is 15.0. The summed E-state index contributed by atoms with van der Waals surface area (Å²) in [6, 6.07) is 16.4. The summed E-state index contributed by atoms with van der Waals surface area (Å²) in [7, 11) is 0. The Labute approximate surface area is 181 Å². The van der Waals surface area contributed by atoms with E-state index in [1.165, 1.54) is 0 Å². The fraction of sp³-hybridized carbons (Fsp3) is 0.320. The molecule has 1 atom stereocenters. The first-order valence-electron chi connectivity index (χ1n) is 10.8. The molecule has 1 aliphatic rings. The summed E-state index contributed by atoms with van der Waals surface area (Å²) >= 11 is 0. The number of likely N-dealkylation sites (tertiary alicyclic amines) is 1. The van der Waals surface area contributed by atoms with E-state index in [-0.39, 0.29) is 11.4 Å². The molecule has 1 amide bonds. The first-order valence-corrected chi connectivity index (χ1v) is 10.8. The average Bonchev–Trinajstić information content (AvgIpc) is 3.48. The summed E-state index contributed by atoms with van der Waals surface area (Å²) < 4.78 is 2.08. The van der Waals surface area contributed by atoms with Crippen LogP contribution in [0.2, 0.25) is 0 Å². The second kappa shape index (κ2) is 7.69. The molecule has 1 aliphatic heterocycles. The highest BCUT2D eigenvalue weighted by atomic mass is 16.2. The summed E-state index contributed by atoms with van der Waals surface area (Å²) in [4.78, 5) is 15.1. The predicted octanol–water partition coefficient (Wildman–Crippen LogP) is 4.30. The van der Waals surface area contributed by atoms with Crippen molar-refractivity contribution in [3.8, 4) is 11.1 Å². The van der Waals surface area contributed by atoms with Crippen LogP contribution >= 0.6 is 0 Å². The van der Waals surface area contributed by atoms with Gasteiger partial charge in [-0.15, -0.1) is 0 Å². The Kier molecular flexibility index (Phi) is 4.85. The van der Waals surface area contributed by atoms with E-state index in [1.807, 2.05) is 48.9 Å². The minimum absolute atomic E-state index is 0.145. The number of carbonyl (C=O) groups is 1. The molecule has 0 bridgehead atoms. The summed E-state index contributed by atoms with van der Waals surface area (Å²) in [6.45, 7) is 5.93. The number of hydrogen-bond acceptors (Lipinski definition) is 3. The van der Waals surface area contributed by atoms with Crippen molar-refractivity contribution in [3.05, 3.63) is 72.7 Å². The molecule has 1 fully saturated rings. The molecule has 0 spiro atoms. The van der Waals surface area contributed by atoms with Gasteiger partial charge in [-0.3, -0.25) is 14.6 Å². The number of aromatic nitrogens is 4. The van der Waals surface area contributed by atoms with Gasteiger partial charge in [-0.1, -0.05) is 36.4 Å². The van der Waals surface area contributed by atoms with Gasteiger partial charge in [-0.25, -0.2) is 0 Å². The summed E-state index contributed by atoms with van der Waals surface area (Å²) in [5.74, 6) is 0.583. The van der Waals surface area contributed by atoms with Gasteiger partial charge in [0.25, 0.3) is 0 Å². The molecule has 6 heteroatoms. The molecular formula is C25H27N5O. The van der Waals surface area contributed by atoms with Gasteiger partial charge in [0.2, 0.25) is 5.91 Å². The SMILES string of the molecule is CC1(C)CC(Cn2ncc3cc(-c4cn[nH]c4)ccc32)CN1C(=O)Cc1ccccc1. The van der Waals surface area contributed by atoms with Gasteiger partial charge in [0.05, 0.1) is 24.3 Å². The fourth-order valence-corrected chi connectivity index (χ4v) is 4.88. The van der Waals surface area contributed by atoms with Crippen LogP contribution in [0.25, 0.3) is 22.0 Å². The number of H-pyrrole nitrogens is 1. The maximum absolute atomic E-state index is 13.0. The Hall–Kier alpha value is -3.41. The van der Waals surface area contributed by atoms with Crippen molar-refractivity contribution in [2.24, 2.45) is 5.92 Å². The van der Waals surface area contributed by atoms with Crippen molar-refractivity contribution in [1.29, 1.82) is 0 Å². The van der Waals surface area contributed by atoms with Crippen molar-refractivity contribution < 1.29 is 4.79 Å². The van der Waals surface area contributed by atoms with Crippen molar-refractivity contribution in [3.63, 3.8) is 0 Å². The third-order valence-corrected chi connectivity index (χ3v) is 6.36. The molecule has 5 rings (SSSR count). The molecule has 31 heavy (non-hydrogen) atoms. The van der Waals surface area contributed by atoms with Crippen LogP contribution < -0.4 is 0 Å². The Morgan fingerprint density at radius 3 is 2.74 bits per heavy atom. The molecule has 4 aromatic rings.